The van der Waals surface area contributed by atoms with Gasteiger partial charge in [0.2, 0.25) is 0 Å². The van der Waals surface area contributed by atoms with E-state index in [9.17, 15) is 4.39 Å². The molecule has 0 amide bonds. The second-order valence-electron chi connectivity index (χ2n) is 14.3. The monoisotopic (exact) mass is 636 g/mol. The largest absolute Gasteiger partial charge is 0.251 e. The summed E-state index contributed by atoms with van der Waals surface area (Å²) in [6.45, 7) is 15.5. The third-order valence-electron chi connectivity index (χ3n) is 11.5. The number of fused-ring (bicyclic) bond motifs is 5. The fourth-order valence-electron chi connectivity index (χ4n) is 9.40. The first kappa shape index (κ1) is 33.9. The van der Waals surface area contributed by atoms with Crippen molar-refractivity contribution < 1.29 is 4.39 Å². The fraction of sp³-hybridized carbons (Fsp3) is 0.362. The van der Waals surface area contributed by atoms with Gasteiger partial charge in [-0.3, -0.25) is 4.39 Å². The summed E-state index contributed by atoms with van der Waals surface area (Å²) in [5, 5.41) is 0. The molecule has 48 heavy (non-hydrogen) atoms. The molecule has 2 unspecified atom stereocenters. The molecule has 0 saturated carbocycles. The molecule has 0 saturated heterocycles. The van der Waals surface area contributed by atoms with Crippen LogP contribution in [0.3, 0.4) is 0 Å². The molecule has 0 N–H and O–H groups in total. The number of aryl methyl sites for hydroxylation is 2. The van der Waals surface area contributed by atoms with Gasteiger partial charge in [-0.15, -0.1) is 0 Å². The number of halogens is 1. The van der Waals surface area contributed by atoms with Crippen LogP contribution < -0.4 is 0 Å². The van der Waals surface area contributed by atoms with Gasteiger partial charge in [0, 0.05) is 5.41 Å². The maximum atomic E-state index is 13.9. The van der Waals surface area contributed by atoms with E-state index in [-0.39, 0.29) is 12.1 Å². The van der Waals surface area contributed by atoms with Crippen molar-refractivity contribution in [3.8, 4) is 11.1 Å². The average molecular weight is 637 g/mol. The second-order valence-corrected chi connectivity index (χ2v) is 14.3. The molecule has 0 heterocycles. The molecule has 0 aromatic heterocycles. The lowest BCUT2D eigenvalue weighted by Gasteiger charge is -2.41. The highest BCUT2D eigenvalue weighted by Crippen LogP contribution is 2.64. The van der Waals surface area contributed by atoms with E-state index in [1.807, 2.05) is 0 Å². The number of alkyl halides is 1. The molecule has 4 aromatic rings. The van der Waals surface area contributed by atoms with Crippen LogP contribution in [0.4, 0.5) is 4.39 Å². The fourth-order valence-corrected chi connectivity index (χ4v) is 9.40. The van der Waals surface area contributed by atoms with Crippen molar-refractivity contribution in [1.29, 1.82) is 0 Å². The number of hydrogen-bond acceptors (Lipinski definition) is 0. The molecule has 0 bridgehead atoms. The lowest BCUT2D eigenvalue weighted by atomic mass is 9.60. The van der Waals surface area contributed by atoms with Gasteiger partial charge in [-0.1, -0.05) is 154 Å². The number of allylic oxidation sites excluding steroid dienone is 5. The van der Waals surface area contributed by atoms with Crippen molar-refractivity contribution in [2.45, 2.75) is 96.8 Å². The zero-order valence-electron chi connectivity index (χ0n) is 29.8. The summed E-state index contributed by atoms with van der Waals surface area (Å²) in [6.07, 6.45) is 14.9. The van der Waals surface area contributed by atoms with Crippen molar-refractivity contribution in [2.75, 3.05) is 6.67 Å². The van der Waals surface area contributed by atoms with Crippen molar-refractivity contribution in [3.63, 3.8) is 0 Å². The third-order valence-corrected chi connectivity index (χ3v) is 11.5. The lowest BCUT2D eigenvalue weighted by molar-refractivity contribution is 0.333. The molecule has 2 aliphatic rings. The summed E-state index contributed by atoms with van der Waals surface area (Å²) in [7, 11) is 0. The molecule has 0 radical (unpaired) electrons. The molecule has 2 aliphatic carbocycles. The predicted octanol–water partition coefficient (Wildman–Crippen LogP) is 13.2. The van der Waals surface area contributed by atoms with Crippen LogP contribution in [0.2, 0.25) is 0 Å². The Balaban J connectivity index is 1.79. The maximum absolute atomic E-state index is 13.9. The van der Waals surface area contributed by atoms with Crippen LogP contribution in [0.5, 0.6) is 0 Å². The number of unbranched alkanes of at least 4 members (excludes halogenated alkanes) is 1. The summed E-state index contributed by atoms with van der Waals surface area (Å²) in [6, 6.07) is 32.3. The van der Waals surface area contributed by atoms with E-state index in [0.717, 1.165) is 19.3 Å². The van der Waals surface area contributed by atoms with Crippen molar-refractivity contribution in [2.24, 2.45) is 5.92 Å². The molecular weight excluding hydrogens is 584 g/mol. The summed E-state index contributed by atoms with van der Waals surface area (Å²) in [5.41, 5.74) is 15.1. The minimum Gasteiger partial charge on any atom is -0.251 e. The first-order valence-corrected chi connectivity index (χ1v) is 18.4. The molecule has 0 aliphatic heterocycles. The van der Waals surface area contributed by atoms with Crippen LogP contribution >= 0.6 is 0 Å². The van der Waals surface area contributed by atoms with E-state index in [0.29, 0.717) is 12.3 Å². The summed E-state index contributed by atoms with van der Waals surface area (Å²) in [5.74, 6) is 0.680. The Kier molecular flexibility index (Phi) is 10.1. The first-order chi connectivity index (χ1) is 23.4. The number of benzene rings is 4. The molecule has 0 spiro atoms. The highest BCUT2D eigenvalue weighted by atomic mass is 19.1. The van der Waals surface area contributed by atoms with Crippen LogP contribution in [-0.2, 0) is 10.8 Å². The zero-order valence-corrected chi connectivity index (χ0v) is 29.8. The van der Waals surface area contributed by atoms with Gasteiger partial charge in [-0.05, 0) is 114 Å². The first-order valence-electron chi connectivity index (χ1n) is 18.4. The van der Waals surface area contributed by atoms with Gasteiger partial charge in [-0.25, -0.2) is 0 Å². The van der Waals surface area contributed by atoms with Crippen molar-refractivity contribution in [1.82, 2.24) is 0 Å². The van der Waals surface area contributed by atoms with Gasteiger partial charge in [0.05, 0.1) is 12.1 Å². The van der Waals surface area contributed by atoms with E-state index in [1.54, 1.807) is 0 Å². The summed E-state index contributed by atoms with van der Waals surface area (Å²) >= 11 is 0. The van der Waals surface area contributed by atoms with Crippen LogP contribution in [0.1, 0.15) is 117 Å². The van der Waals surface area contributed by atoms with Crippen molar-refractivity contribution >= 4 is 5.57 Å². The highest BCUT2D eigenvalue weighted by molar-refractivity contribution is 5.97. The van der Waals surface area contributed by atoms with E-state index in [2.05, 4.69) is 144 Å². The number of rotatable bonds is 14. The molecular formula is C47H53F. The molecule has 6 rings (SSSR count). The van der Waals surface area contributed by atoms with Gasteiger partial charge in [0.1, 0.15) is 0 Å². The SMILES string of the molecule is C=CC1=C(/C=C\C)c2ccc3c(c2C1(c1cccc(C)c1)c1cccc(C)c1)C(CCCCF)(CCC(CC)CCC)c1ccccc1-3. The summed E-state index contributed by atoms with van der Waals surface area (Å²) < 4.78 is 13.9. The Hall–Kier alpha value is -3.97. The zero-order chi connectivity index (χ0) is 33.9. The minimum absolute atomic E-state index is 0.218. The normalized spacial score (nSPS) is 18.2. The molecule has 0 nitrogen and oxygen atoms in total. The van der Waals surface area contributed by atoms with Crippen molar-refractivity contribution in [3.05, 3.63) is 160 Å². The quantitative estimate of drug-likeness (QED) is 0.121. The lowest BCUT2D eigenvalue weighted by Crippen LogP contribution is -2.35. The van der Waals surface area contributed by atoms with E-state index < -0.39 is 5.41 Å². The summed E-state index contributed by atoms with van der Waals surface area (Å²) in [4.78, 5) is 0. The Labute approximate surface area is 289 Å². The Morgan fingerprint density at radius 1 is 0.750 bits per heavy atom. The average Bonchev–Trinajstić information content (AvgIpc) is 3.54. The smallest absolute Gasteiger partial charge is 0.0894 e. The molecule has 248 valence electrons. The Bertz CT molecular complexity index is 1810. The van der Waals surface area contributed by atoms with Gasteiger partial charge < -0.3 is 0 Å². The van der Waals surface area contributed by atoms with Crippen LogP contribution in [0.25, 0.3) is 16.7 Å². The molecule has 1 heteroatoms. The van der Waals surface area contributed by atoms with Crippen LogP contribution in [0, 0.1) is 19.8 Å². The standard InChI is InChI=1S/C47H53F/c1-7-17-35(9-3)27-29-46(28-13-14-30-48)43-24-12-11-23-39(43)40-25-26-41-38(18-8-2)42(10-4)47(45(41)44(40)46,36-21-15-19-33(5)31-36)37-22-16-20-34(6)32-37/h8,10-12,15-16,18-26,31-32,35H,4,7,9,13-14,17,27-30H2,1-3,5-6H3/b18-8-. The molecule has 2 atom stereocenters. The van der Waals surface area contributed by atoms with Gasteiger partial charge in [0.15, 0.2) is 0 Å². The maximum Gasteiger partial charge on any atom is 0.0894 e. The topological polar surface area (TPSA) is 0 Å². The van der Waals surface area contributed by atoms with Crippen LogP contribution in [-0.4, -0.2) is 6.67 Å². The minimum atomic E-state index is -0.559. The Morgan fingerprint density at radius 2 is 1.44 bits per heavy atom. The predicted molar refractivity (Wildman–Crippen MR) is 205 cm³/mol. The molecule has 0 fully saturated rings. The van der Waals surface area contributed by atoms with Gasteiger partial charge >= 0.3 is 0 Å². The third kappa shape index (κ3) is 5.44. The van der Waals surface area contributed by atoms with Gasteiger partial charge in [-0.2, -0.15) is 0 Å². The molecule has 4 aromatic carbocycles. The highest BCUT2D eigenvalue weighted by Gasteiger charge is 2.54. The van der Waals surface area contributed by atoms with E-state index in [4.69, 9.17) is 0 Å². The Morgan fingerprint density at radius 3 is 2.04 bits per heavy atom. The number of hydrogen-bond donors (Lipinski definition) is 0. The van der Waals surface area contributed by atoms with Crippen LogP contribution in [0.15, 0.2) is 115 Å². The van der Waals surface area contributed by atoms with E-state index in [1.165, 1.54) is 92.5 Å². The van der Waals surface area contributed by atoms with E-state index >= 15 is 0 Å². The second kappa shape index (κ2) is 14.3. The van der Waals surface area contributed by atoms with Gasteiger partial charge in [0.25, 0.3) is 0 Å².